The number of sulfonamides is 1. The molecule has 0 amide bonds. The van der Waals surface area contributed by atoms with Gasteiger partial charge in [0.15, 0.2) is 0 Å². The minimum atomic E-state index is -3.29. The van der Waals surface area contributed by atoms with Gasteiger partial charge in [-0.2, -0.15) is 0 Å². The van der Waals surface area contributed by atoms with Crippen molar-refractivity contribution in [2.24, 2.45) is 0 Å². The summed E-state index contributed by atoms with van der Waals surface area (Å²) in [4.78, 5) is 8.85. The van der Waals surface area contributed by atoms with E-state index in [1.807, 2.05) is 6.92 Å². The van der Waals surface area contributed by atoms with Gasteiger partial charge in [-0.15, -0.1) is 0 Å². The summed E-state index contributed by atoms with van der Waals surface area (Å²) in [6, 6.07) is -0.106. The zero-order chi connectivity index (χ0) is 21.6. The van der Waals surface area contributed by atoms with Crippen LogP contribution >= 0.6 is 0 Å². The average molecular weight is 441 g/mol. The number of aromatic nitrogens is 2. The summed E-state index contributed by atoms with van der Waals surface area (Å²) in [5, 5.41) is 3.01. The van der Waals surface area contributed by atoms with Gasteiger partial charge in [0.2, 0.25) is 15.9 Å². The van der Waals surface area contributed by atoms with Crippen LogP contribution in [0.25, 0.3) is 0 Å². The molecule has 0 radical (unpaired) electrons. The lowest BCUT2D eigenvalue weighted by Crippen LogP contribution is -2.56. The summed E-state index contributed by atoms with van der Waals surface area (Å²) < 4.78 is 39.3. The Hall–Kier alpha value is -1.29. The van der Waals surface area contributed by atoms with Crippen LogP contribution in [-0.4, -0.2) is 61.6 Å². The summed E-state index contributed by atoms with van der Waals surface area (Å²) in [6.45, 7) is 7.37. The first-order chi connectivity index (χ1) is 14.4. The van der Waals surface area contributed by atoms with Gasteiger partial charge in [0.1, 0.15) is 5.69 Å². The highest BCUT2D eigenvalue weighted by Gasteiger charge is 2.32. The van der Waals surface area contributed by atoms with Gasteiger partial charge in [-0.25, -0.2) is 18.1 Å². The first-order valence-corrected chi connectivity index (χ1v) is 12.7. The number of rotatable bonds is 9. The van der Waals surface area contributed by atoms with Crippen molar-refractivity contribution in [2.45, 2.75) is 88.7 Å². The molecule has 1 saturated carbocycles. The largest absolute Gasteiger partial charge is 0.477 e. The SMILES string of the molecule is CCOc1nccnc1[C@H]1CC[C@@H](OC[C@@H]2NCCC[C@@H]2NS(=O)(=O)C(C)C)CC1. The molecule has 0 aromatic carbocycles. The molecule has 2 heterocycles. The first kappa shape index (κ1) is 23.4. The Morgan fingerprint density at radius 3 is 2.60 bits per heavy atom. The van der Waals surface area contributed by atoms with Crippen molar-refractivity contribution in [1.29, 1.82) is 0 Å². The number of ether oxygens (including phenoxy) is 2. The monoisotopic (exact) mass is 440 g/mol. The molecule has 1 aliphatic heterocycles. The molecule has 2 N–H and O–H groups in total. The molecule has 2 aliphatic rings. The van der Waals surface area contributed by atoms with E-state index in [-0.39, 0.29) is 18.2 Å². The summed E-state index contributed by atoms with van der Waals surface area (Å²) in [6.07, 6.45) is 9.30. The van der Waals surface area contributed by atoms with Crippen molar-refractivity contribution in [3.05, 3.63) is 18.1 Å². The molecule has 9 heteroatoms. The molecule has 170 valence electrons. The van der Waals surface area contributed by atoms with E-state index in [0.29, 0.717) is 25.0 Å². The molecular formula is C21H36N4O4S. The van der Waals surface area contributed by atoms with Gasteiger partial charge in [0.25, 0.3) is 0 Å². The molecule has 1 aliphatic carbocycles. The van der Waals surface area contributed by atoms with Crippen LogP contribution in [-0.2, 0) is 14.8 Å². The maximum atomic E-state index is 12.3. The molecule has 0 spiro atoms. The topological polar surface area (TPSA) is 102 Å². The third-order valence-corrected chi connectivity index (χ3v) is 7.94. The van der Waals surface area contributed by atoms with Crippen LogP contribution in [0.5, 0.6) is 5.88 Å². The zero-order valence-corrected chi connectivity index (χ0v) is 19.2. The standard InChI is InChI=1S/C21H36N4O4S/c1-4-28-21-20(23-12-13-24-21)16-7-9-17(10-8-16)29-14-19-18(6-5-11-22-19)25-30(26,27)15(2)3/h12-13,15-19,22,25H,4-11,14H2,1-3H3/t16-,17+,18-,19-/m0/s1. The lowest BCUT2D eigenvalue weighted by molar-refractivity contribution is 0.00484. The van der Waals surface area contributed by atoms with Crippen molar-refractivity contribution in [3.8, 4) is 5.88 Å². The highest BCUT2D eigenvalue weighted by atomic mass is 32.2. The van der Waals surface area contributed by atoms with Gasteiger partial charge < -0.3 is 14.8 Å². The minimum absolute atomic E-state index is 0.00884. The maximum Gasteiger partial charge on any atom is 0.235 e. The Kier molecular flexibility index (Phi) is 8.44. The first-order valence-electron chi connectivity index (χ1n) is 11.2. The number of nitrogens with one attached hydrogen (secondary N) is 2. The predicted molar refractivity (Wildman–Crippen MR) is 116 cm³/mol. The van der Waals surface area contributed by atoms with Gasteiger partial charge >= 0.3 is 0 Å². The summed E-state index contributed by atoms with van der Waals surface area (Å²) in [5.41, 5.74) is 0.954. The Labute approximate surface area is 180 Å². The highest BCUT2D eigenvalue weighted by molar-refractivity contribution is 7.90. The molecule has 1 saturated heterocycles. The number of piperidine rings is 1. The van der Waals surface area contributed by atoms with Crippen LogP contribution in [0.15, 0.2) is 12.4 Å². The molecule has 8 nitrogen and oxygen atoms in total. The third kappa shape index (κ3) is 6.12. The fourth-order valence-corrected chi connectivity index (χ4v) is 5.20. The fourth-order valence-electron chi connectivity index (χ4n) is 4.22. The summed E-state index contributed by atoms with van der Waals surface area (Å²) >= 11 is 0. The van der Waals surface area contributed by atoms with Gasteiger partial charge in [-0.3, -0.25) is 4.98 Å². The van der Waals surface area contributed by atoms with E-state index in [2.05, 4.69) is 20.0 Å². The van der Waals surface area contributed by atoms with Crippen molar-refractivity contribution in [3.63, 3.8) is 0 Å². The second-order valence-corrected chi connectivity index (χ2v) is 10.8. The van der Waals surface area contributed by atoms with Crippen LogP contribution in [0.2, 0.25) is 0 Å². The van der Waals surface area contributed by atoms with Crippen LogP contribution in [0.1, 0.15) is 70.9 Å². The fraction of sp³-hybridized carbons (Fsp3) is 0.810. The Morgan fingerprint density at radius 1 is 1.17 bits per heavy atom. The van der Waals surface area contributed by atoms with E-state index in [1.54, 1.807) is 26.2 Å². The Bertz CT molecular complexity index is 766. The summed E-state index contributed by atoms with van der Waals surface area (Å²) in [5.74, 6) is 0.995. The van der Waals surface area contributed by atoms with E-state index >= 15 is 0 Å². The molecule has 0 bridgehead atoms. The second-order valence-electron chi connectivity index (χ2n) is 8.51. The zero-order valence-electron chi connectivity index (χ0n) is 18.3. The minimum Gasteiger partial charge on any atom is -0.477 e. The highest BCUT2D eigenvalue weighted by Crippen LogP contribution is 2.36. The van der Waals surface area contributed by atoms with E-state index < -0.39 is 15.3 Å². The van der Waals surface area contributed by atoms with Crippen molar-refractivity contribution in [2.75, 3.05) is 19.8 Å². The third-order valence-electron chi connectivity index (χ3n) is 6.07. The molecule has 1 aromatic rings. The molecule has 2 fully saturated rings. The summed E-state index contributed by atoms with van der Waals surface area (Å²) in [7, 11) is -3.29. The van der Waals surface area contributed by atoms with E-state index in [0.717, 1.165) is 50.8 Å². The van der Waals surface area contributed by atoms with Crippen LogP contribution in [0, 0.1) is 0 Å². The molecular weight excluding hydrogens is 404 g/mol. The maximum absolute atomic E-state index is 12.3. The Balaban J connectivity index is 1.50. The number of hydrogen-bond donors (Lipinski definition) is 2. The predicted octanol–water partition coefficient (Wildman–Crippen LogP) is 2.37. The molecule has 2 atom stereocenters. The van der Waals surface area contributed by atoms with Crippen molar-refractivity contribution >= 4 is 10.0 Å². The van der Waals surface area contributed by atoms with Gasteiger partial charge in [0.05, 0.1) is 24.6 Å². The van der Waals surface area contributed by atoms with Crippen LogP contribution in [0.4, 0.5) is 0 Å². The van der Waals surface area contributed by atoms with Gasteiger partial charge in [0, 0.05) is 30.4 Å². The van der Waals surface area contributed by atoms with Gasteiger partial charge in [-0.05, 0) is 65.8 Å². The van der Waals surface area contributed by atoms with E-state index in [1.165, 1.54) is 0 Å². The molecule has 3 rings (SSSR count). The van der Waals surface area contributed by atoms with Crippen molar-refractivity contribution in [1.82, 2.24) is 20.0 Å². The second kappa shape index (κ2) is 10.8. The lowest BCUT2D eigenvalue weighted by atomic mass is 9.85. The van der Waals surface area contributed by atoms with E-state index in [9.17, 15) is 8.42 Å². The smallest absolute Gasteiger partial charge is 0.235 e. The number of nitrogens with zero attached hydrogens (tertiary/aromatic N) is 2. The molecule has 0 unspecified atom stereocenters. The normalized spacial score (nSPS) is 27.9. The average Bonchev–Trinajstić information content (AvgIpc) is 2.74. The number of hydrogen-bond acceptors (Lipinski definition) is 7. The van der Waals surface area contributed by atoms with Crippen LogP contribution in [0.3, 0.4) is 0 Å². The van der Waals surface area contributed by atoms with E-state index in [4.69, 9.17) is 9.47 Å². The quantitative estimate of drug-likeness (QED) is 0.608. The lowest BCUT2D eigenvalue weighted by Gasteiger charge is -2.35. The van der Waals surface area contributed by atoms with Gasteiger partial charge in [-0.1, -0.05) is 0 Å². The Morgan fingerprint density at radius 2 is 1.90 bits per heavy atom. The van der Waals surface area contributed by atoms with Crippen molar-refractivity contribution < 1.29 is 17.9 Å². The molecule has 30 heavy (non-hydrogen) atoms. The van der Waals surface area contributed by atoms with Crippen LogP contribution < -0.4 is 14.8 Å². The molecule has 1 aromatic heterocycles.